The van der Waals surface area contributed by atoms with Gasteiger partial charge in [-0.2, -0.15) is 5.10 Å². The fourth-order valence-electron chi connectivity index (χ4n) is 2.81. The van der Waals surface area contributed by atoms with E-state index >= 15 is 0 Å². The number of thiophene rings is 1. The molecule has 6 nitrogen and oxygen atoms in total. The van der Waals surface area contributed by atoms with Gasteiger partial charge in [0, 0.05) is 17.3 Å². The minimum Gasteiger partial charge on any atom is -0.460 e. The predicted octanol–water partition coefficient (Wildman–Crippen LogP) is 3.99. The molecule has 4 rings (SSSR count). The smallest absolute Gasteiger partial charge is 0.342 e. The van der Waals surface area contributed by atoms with Gasteiger partial charge in [0.15, 0.2) is 0 Å². The number of aryl methyl sites for hydroxylation is 1. The zero-order chi connectivity index (χ0) is 19.5. The molecule has 1 aromatic carbocycles. The van der Waals surface area contributed by atoms with E-state index in [0.717, 1.165) is 27.6 Å². The van der Waals surface area contributed by atoms with Gasteiger partial charge in [0.25, 0.3) is 0 Å². The third kappa shape index (κ3) is 3.69. The highest BCUT2D eigenvalue weighted by atomic mass is 32.1. The second-order valence-corrected chi connectivity index (χ2v) is 7.85. The maximum Gasteiger partial charge on any atom is 0.342 e. The van der Waals surface area contributed by atoms with E-state index in [-0.39, 0.29) is 11.5 Å². The molecule has 8 heteroatoms. The lowest BCUT2D eigenvalue weighted by atomic mass is 10.2. The van der Waals surface area contributed by atoms with E-state index in [9.17, 15) is 9.59 Å². The van der Waals surface area contributed by atoms with Gasteiger partial charge in [-0.05, 0) is 30.5 Å². The molecule has 0 atom stereocenters. The van der Waals surface area contributed by atoms with Crippen molar-refractivity contribution in [3.05, 3.63) is 80.3 Å². The lowest BCUT2D eigenvalue weighted by molar-refractivity contribution is 0.0491. The minimum absolute atomic E-state index is 0.0512. The van der Waals surface area contributed by atoms with Crippen LogP contribution >= 0.6 is 22.7 Å². The number of carbonyl (C=O) groups is 1. The Labute approximate surface area is 169 Å². The lowest BCUT2D eigenvalue weighted by Gasteiger charge is -2.06. The van der Waals surface area contributed by atoms with Crippen molar-refractivity contribution in [2.45, 2.75) is 13.5 Å². The molecule has 0 bridgehead atoms. The van der Waals surface area contributed by atoms with Gasteiger partial charge in [-0.25, -0.2) is 9.48 Å². The highest BCUT2D eigenvalue weighted by Gasteiger charge is 2.20. The number of benzene rings is 1. The number of para-hydroxylation sites is 1. The van der Waals surface area contributed by atoms with E-state index < -0.39 is 5.97 Å². The number of aromatic nitrogens is 3. The molecule has 0 aliphatic rings. The van der Waals surface area contributed by atoms with Crippen LogP contribution in [-0.2, 0) is 11.3 Å². The van der Waals surface area contributed by atoms with Gasteiger partial charge in [-0.1, -0.05) is 35.6 Å². The Hall–Kier alpha value is -2.97. The Kier molecular flexibility index (Phi) is 5.23. The number of hydrogen-bond acceptors (Lipinski definition) is 6. The van der Waals surface area contributed by atoms with Crippen LogP contribution in [0.5, 0.6) is 0 Å². The molecule has 0 aliphatic heterocycles. The summed E-state index contributed by atoms with van der Waals surface area (Å²) < 4.78 is 8.74. The molecule has 0 fully saturated rings. The molecular weight excluding hydrogens is 394 g/mol. The molecule has 0 amide bonds. The van der Waals surface area contributed by atoms with E-state index in [2.05, 4.69) is 5.10 Å². The Morgan fingerprint density at radius 2 is 1.96 bits per heavy atom. The number of nitrogens with zero attached hydrogens (tertiary/aromatic N) is 3. The van der Waals surface area contributed by atoms with Crippen molar-refractivity contribution in [2.75, 3.05) is 6.61 Å². The van der Waals surface area contributed by atoms with Gasteiger partial charge < -0.3 is 4.74 Å². The van der Waals surface area contributed by atoms with Crippen molar-refractivity contribution in [3.8, 4) is 16.3 Å². The van der Waals surface area contributed by atoms with Crippen LogP contribution in [0.15, 0.2) is 64.2 Å². The summed E-state index contributed by atoms with van der Waals surface area (Å²) in [5.41, 5.74) is 2.72. The standard InChI is InChI=1S/C20H17N3O3S2/c1-14-13-28-20(25)22(14)9-10-26-19(24)16-12-23(15-6-3-2-4-7-15)21-18(16)17-8-5-11-27-17/h2-8,11-13H,9-10H2,1H3. The van der Waals surface area contributed by atoms with Crippen LogP contribution in [0.3, 0.4) is 0 Å². The van der Waals surface area contributed by atoms with Crippen LogP contribution in [0, 0.1) is 6.92 Å². The number of ether oxygens (including phenoxy) is 1. The summed E-state index contributed by atoms with van der Waals surface area (Å²) >= 11 is 2.66. The Morgan fingerprint density at radius 3 is 2.64 bits per heavy atom. The van der Waals surface area contributed by atoms with Crippen LogP contribution in [0.25, 0.3) is 16.3 Å². The van der Waals surface area contributed by atoms with Crippen LogP contribution < -0.4 is 4.87 Å². The number of carbonyl (C=O) groups excluding carboxylic acids is 1. The largest absolute Gasteiger partial charge is 0.460 e. The average molecular weight is 412 g/mol. The van der Waals surface area contributed by atoms with Gasteiger partial charge in [-0.3, -0.25) is 9.36 Å². The highest BCUT2D eigenvalue weighted by molar-refractivity contribution is 7.13. The predicted molar refractivity (Wildman–Crippen MR) is 110 cm³/mol. The monoisotopic (exact) mass is 411 g/mol. The number of rotatable bonds is 6. The highest BCUT2D eigenvalue weighted by Crippen LogP contribution is 2.28. The lowest BCUT2D eigenvalue weighted by Crippen LogP contribution is -2.19. The zero-order valence-corrected chi connectivity index (χ0v) is 16.7. The van der Waals surface area contributed by atoms with E-state index in [1.54, 1.807) is 20.8 Å². The van der Waals surface area contributed by atoms with Crippen molar-refractivity contribution in [3.63, 3.8) is 0 Å². The number of esters is 1. The average Bonchev–Trinajstić information content (AvgIpc) is 3.44. The number of thiazole rings is 1. The summed E-state index contributed by atoms with van der Waals surface area (Å²) in [7, 11) is 0. The normalized spacial score (nSPS) is 10.9. The van der Waals surface area contributed by atoms with E-state index in [4.69, 9.17) is 4.74 Å². The van der Waals surface area contributed by atoms with Gasteiger partial charge >= 0.3 is 10.8 Å². The summed E-state index contributed by atoms with van der Waals surface area (Å²) in [5.74, 6) is -0.452. The molecule has 0 spiro atoms. The Bertz CT molecular complexity index is 1140. The van der Waals surface area contributed by atoms with Gasteiger partial charge in [0.2, 0.25) is 0 Å². The fraction of sp³-hybridized carbons (Fsp3) is 0.150. The van der Waals surface area contributed by atoms with Crippen LogP contribution in [0.1, 0.15) is 16.1 Å². The molecule has 0 unspecified atom stereocenters. The summed E-state index contributed by atoms with van der Waals surface area (Å²) in [6.45, 7) is 2.32. The molecular formula is C20H17N3O3S2. The zero-order valence-electron chi connectivity index (χ0n) is 15.1. The molecule has 4 aromatic rings. The number of hydrogen-bond donors (Lipinski definition) is 0. The topological polar surface area (TPSA) is 66.1 Å². The first-order valence-corrected chi connectivity index (χ1v) is 10.4. The first-order valence-electron chi connectivity index (χ1n) is 8.64. The SMILES string of the molecule is Cc1csc(=O)n1CCOC(=O)c1cn(-c2ccccc2)nc1-c1cccs1. The molecule has 142 valence electrons. The molecule has 28 heavy (non-hydrogen) atoms. The maximum atomic E-state index is 12.7. The van der Waals surface area contributed by atoms with Crippen LogP contribution in [-0.4, -0.2) is 26.9 Å². The molecule has 0 aliphatic carbocycles. The van der Waals surface area contributed by atoms with Gasteiger partial charge in [-0.15, -0.1) is 11.3 Å². The van der Waals surface area contributed by atoms with Gasteiger partial charge in [0.05, 0.1) is 17.1 Å². The third-order valence-electron chi connectivity index (χ3n) is 4.23. The van der Waals surface area contributed by atoms with Crippen molar-refractivity contribution in [1.82, 2.24) is 14.3 Å². The fourth-order valence-corrected chi connectivity index (χ4v) is 4.30. The van der Waals surface area contributed by atoms with E-state index in [1.807, 2.05) is 54.8 Å². The quantitative estimate of drug-likeness (QED) is 0.450. The van der Waals surface area contributed by atoms with Crippen molar-refractivity contribution < 1.29 is 9.53 Å². The second-order valence-electron chi connectivity index (χ2n) is 6.08. The second kappa shape index (κ2) is 7.95. The van der Waals surface area contributed by atoms with Crippen molar-refractivity contribution in [2.24, 2.45) is 0 Å². The summed E-state index contributed by atoms with van der Waals surface area (Å²) in [4.78, 5) is 25.4. The summed E-state index contributed by atoms with van der Waals surface area (Å²) in [5, 5.41) is 8.34. The molecule has 3 heterocycles. The maximum absolute atomic E-state index is 12.7. The molecule has 0 radical (unpaired) electrons. The molecule has 0 saturated heterocycles. The minimum atomic E-state index is -0.452. The van der Waals surface area contributed by atoms with Crippen molar-refractivity contribution >= 4 is 28.6 Å². The van der Waals surface area contributed by atoms with Crippen LogP contribution in [0.4, 0.5) is 0 Å². The van der Waals surface area contributed by atoms with E-state index in [1.165, 1.54) is 11.3 Å². The molecule has 0 N–H and O–H groups in total. The Morgan fingerprint density at radius 1 is 1.14 bits per heavy atom. The van der Waals surface area contributed by atoms with Gasteiger partial charge in [0.1, 0.15) is 17.9 Å². The molecule has 3 aromatic heterocycles. The summed E-state index contributed by atoms with van der Waals surface area (Å²) in [6, 6.07) is 13.5. The van der Waals surface area contributed by atoms with E-state index in [0.29, 0.717) is 17.8 Å². The molecule has 0 saturated carbocycles. The first kappa shape index (κ1) is 18.4. The Balaban J connectivity index is 1.58. The first-order chi connectivity index (χ1) is 13.6. The third-order valence-corrected chi connectivity index (χ3v) is 5.99. The van der Waals surface area contributed by atoms with Crippen LogP contribution in [0.2, 0.25) is 0 Å². The van der Waals surface area contributed by atoms with Crippen molar-refractivity contribution in [1.29, 1.82) is 0 Å². The summed E-state index contributed by atoms with van der Waals surface area (Å²) in [6.07, 6.45) is 1.69.